The molecule has 1 aliphatic heterocycles. The Kier molecular flexibility index (Phi) is 3.25. The molecule has 0 unspecified atom stereocenters. The van der Waals surface area contributed by atoms with Gasteiger partial charge in [-0.05, 0) is 11.6 Å². The predicted octanol–water partition coefficient (Wildman–Crippen LogP) is 2.05. The molecule has 5 nitrogen and oxygen atoms in total. The van der Waals surface area contributed by atoms with Gasteiger partial charge in [0.25, 0.3) is 0 Å². The van der Waals surface area contributed by atoms with Gasteiger partial charge >= 0.3 is 0 Å². The molecule has 1 amide bonds. The first-order valence-corrected chi connectivity index (χ1v) is 6.41. The molecule has 0 aliphatic carbocycles. The van der Waals surface area contributed by atoms with E-state index in [4.69, 9.17) is 4.74 Å². The van der Waals surface area contributed by atoms with Gasteiger partial charge in [-0.1, -0.05) is 30.3 Å². The molecule has 1 aromatic carbocycles. The normalized spacial score (nSPS) is 13.7. The summed E-state index contributed by atoms with van der Waals surface area (Å²) in [5.41, 5.74) is 1.87. The molecule has 0 bridgehead atoms. The second-order valence-electron chi connectivity index (χ2n) is 4.54. The number of carbonyl (C=O) groups excluding carboxylic acids is 1. The molecule has 5 heteroatoms. The van der Waals surface area contributed by atoms with Gasteiger partial charge in [-0.15, -0.1) is 0 Å². The fourth-order valence-electron chi connectivity index (χ4n) is 2.22. The summed E-state index contributed by atoms with van der Waals surface area (Å²) in [6.07, 6.45) is 0. The lowest BCUT2D eigenvalue weighted by Crippen LogP contribution is -2.39. The van der Waals surface area contributed by atoms with Crippen LogP contribution in [0.15, 0.2) is 42.5 Å². The van der Waals surface area contributed by atoms with Crippen LogP contribution in [0.25, 0.3) is 0 Å². The van der Waals surface area contributed by atoms with Crippen molar-refractivity contribution in [1.29, 1.82) is 0 Å². The summed E-state index contributed by atoms with van der Waals surface area (Å²) >= 11 is 0. The number of anilines is 2. The van der Waals surface area contributed by atoms with Gasteiger partial charge in [0, 0.05) is 6.07 Å². The molecule has 1 N–H and O–H groups in total. The first-order chi connectivity index (χ1) is 9.78. The Hall–Kier alpha value is -2.56. The fraction of sp³-hybridized carbons (Fsp3) is 0.200. The Balaban J connectivity index is 1.93. The molecule has 0 fully saturated rings. The summed E-state index contributed by atoms with van der Waals surface area (Å²) < 4.78 is 5.11. The number of hydrogen-bond acceptors (Lipinski definition) is 4. The Bertz CT molecular complexity index is 628. The zero-order valence-electron chi connectivity index (χ0n) is 11.2. The number of nitrogens with zero attached hydrogens (tertiary/aromatic N) is 2. The zero-order valence-corrected chi connectivity index (χ0v) is 11.2. The van der Waals surface area contributed by atoms with Crippen LogP contribution in [0.1, 0.15) is 5.56 Å². The first kappa shape index (κ1) is 12.5. The van der Waals surface area contributed by atoms with E-state index in [1.165, 1.54) is 0 Å². The molecule has 0 saturated carbocycles. The number of hydrogen-bond donors (Lipinski definition) is 1. The topological polar surface area (TPSA) is 54.5 Å². The van der Waals surface area contributed by atoms with E-state index in [1.54, 1.807) is 18.1 Å². The van der Waals surface area contributed by atoms with Crippen LogP contribution in [0.4, 0.5) is 11.5 Å². The van der Waals surface area contributed by atoms with Crippen molar-refractivity contribution in [3.63, 3.8) is 0 Å². The van der Waals surface area contributed by atoms with Gasteiger partial charge in [0.2, 0.25) is 11.8 Å². The Morgan fingerprint density at radius 2 is 2.05 bits per heavy atom. The number of pyridine rings is 1. The zero-order chi connectivity index (χ0) is 13.9. The molecule has 0 saturated heterocycles. The number of benzene rings is 1. The maximum atomic E-state index is 12.1. The van der Waals surface area contributed by atoms with Gasteiger partial charge in [0.05, 0.1) is 25.9 Å². The molecule has 1 aromatic heterocycles. The van der Waals surface area contributed by atoms with E-state index in [0.29, 0.717) is 18.2 Å². The monoisotopic (exact) mass is 269 g/mol. The van der Waals surface area contributed by atoms with Crippen LogP contribution in [-0.2, 0) is 11.3 Å². The Morgan fingerprint density at radius 1 is 1.25 bits per heavy atom. The lowest BCUT2D eigenvalue weighted by atomic mass is 10.2. The number of nitrogens with one attached hydrogen (secondary N) is 1. The van der Waals surface area contributed by atoms with Gasteiger partial charge in [-0.2, -0.15) is 4.98 Å². The fourth-order valence-corrected chi connectivity index (χ4v) is 2.22. The van der Waals surface area contributed by atoms with Gasteiger partial charge in [0.1, 0.15) is 0 Å². The molecule has 20 heavy (non-hydrogen) atoms. The van der Waals surface area contributed by atoms with E-state index in [0.717, 1.165) is 11.3 Å². The minimum Gasteiger partial charge on any atom is -0.481 e. The summed E-state index contributed by atoms with van der Waals surface area (Å²) in [4.78, 5) is 18.2. The van der Waals surface area contributed by atoms with Crippen molar-refractivity contribution in [2.75, 3.05) is 23.9 Å². The number of rotatable bonds is 3. The van der Waals surface area contributed by atoms with Gasteiger partial charge < -0.3 is 15.0 Å². The van der Waals surface area contributed by atoms with Gasteiger partial charge in [0.15, 0.2) is 5.82 Å². The quantitative estimate of drug-likeness (QED) is 0.926. The summed E-state index contributed by atoms with van der Waals surface area (Å²) in [5, 5.41) is 3.02. The SMILES string of the molecule is COc1ccc2c(n1)NCC(=O)N2Cc1ccccc1. The maximum Gasteiger partial charge on any atom is 0.246 e. The van der Waals surface area contributed by atoms with Crippen molar-refractivity contribution in [1.82, 2.24) is 4.98 Å². The molecule has 1 aliphatic rings. The maximum absolute atomic E-state index is 12.1. The highest BCUT2D eigenvalue weighted by atomic mass is 16.5. The number of methoxy groups -OCH3 is 1. The average molecular weight is 269 g/mol. The highest BCUT2D eigenvalue weighted by Crippen LogP contribution is 2.30. The third-order valence-electron chi connectivity index (χ3n) is 3.24. The molecular weight excluding hydrogens is 254 g/mol. The second kappa shape index (κ2) is 5.21. The smallest absolute Gasteiger partial charge is 0.246 e. The van der Waals surface area contributed by atoms with E-state index in [9.17, 15) is 4.79 Å². The largest absolute Gasteiger partial charge is 0.481 e. The number of amides is 1. The van der Waals surface area contributed by atoms with E-state index in [1.807, 2.05) is 36.4 Å². The van der Waals surface area contributed by atoms with E-state index in [2.05, 4.69) is 10.3 Å². The molecule has 0 spiro atoms. The van der Waals surface area contributed by atoms with Crippen LogP contribution in [0.5, 0.6) is 5.88 Å². The summed E-state index contributed by atoms with van der Waals surface area (Å²) in [6.45, 7) is 0.794. The minimum atomic E-state index is 0.0355. The highest BCUT2D eigenvalue weighted by molar-refractivity contribution is 6.01. The van der Waals surface area contributed by atoms with Crippen molar-refractivity contribution in [3.8, 4) is 5.88 Å². The Labute approximate surface area is 117 Å². The highest BCUT2D eigenvalue weighted by Gasteiger charge is 2.25. The average Bonchev–Trinajstić information content (AvgIpc) is 2.50. The van der Waals surface area contributed by atoms with Crippen LogP contribution in [0.2, 0.25) is 0 Å². The van der Waals surface area contributed by atoms with Gasteiger partial charge in [-0.3, -0.25) is 4.79 Å². The van der Waals surface area contributed by atoms with Crippen molar-refractivity contribution >= 4 is 17.4 Å². The number of carbonyl (C=O) groups is 1. The van der Waals surface area contributed by atoms with Crippen LogP contribution in [-0.4, -0.2) is 24.5 Å². The van der Waals surface area contributed by atoms with E-state index >= 15 is 0 Å². The molecular formula is C15H15N3O2. The summed E-state index contributed by atoms with van der Waals surface area (Å²) in [7, 11) is 1.57. The number of fused-ring (bicyclic) bond motifs is 1. The number of ether oxygens (including phenoxy) is 1. The van der Waals surface area contributed by atoms with Crippen molar-refractivity contribution in [3.05, 3.63) is 48.0 Å². The van der Waals surface area contributed by atoms with Crippen molar-refractivity contribution in [2.45, 2.75) is 6.54 Å². The van der Waals surface area contributed by atoms with Crippen molar-refractivity contribution < 1.29 is 9.53 Å². The standard InChI is InChI=1S/C15H15N3O2/c1-20-13-8-7-12-15(17-13)16-9-14(19)18(12)10-11-5-3-2-4-6-11/h2-8H,9-10H2,1H3,(H,16,17). The van der Waals surface area contributed by atoms with Crippen LogP contribution in [0.3, 0.4) is 0 Å². The third kappa shape index (κ3) is 2.30. The summed E-state index contributed by atoms with van der Waals surface area (Å²) in [6, 6.07) is 13.5. The van der Waals surface area contributed by atoms with Gasteiger partial charge in [-0.25, -0.2) is 0 Å². The van der Waals surface area contributed by atoms with Crippen LogP contribution in [0, 0.1) is 0 Å². The third-order valence-corrected chi connectivity index (χ3v) is 3.24. The first-order valence-electron chi connectivity index (χ1n) is 6.41. The van der Waals surface area contributed by atoms with E-state index in [-0.39, 0.29) is 12.5 Å². The van der Waals surface area contributed by atoms with Crippen molar-refractivity contribution in [2.24, 2.45) is 0 Å². The molecule has 0 radical (unpaired) electrons. The van der Waals surface area contributed by atoms with E-state index < -0.39 is 0 Å². The van der Waals surface area contributed by atoms with Crippen LogP contribution >= 0.6 is 0 Å². The Morgan fingerprint density at radius 3 is 2.80 bits per heavy atom. The molecule has 102 valence electrons. The second-order valence-corrected chi connectivity index (χ2v) is 4.54. The minimum absolute atomic E-state index is 0.0355. The molecule has 2 heterocycles. The number of aromatic nitrogens is 1. The predicted molar refractivity (Wildman–Crippen MR) is 76.9 cm³/mol. The summed E-state index contributed by atoms with van der Waals surface area (Å²) in [5.74, 6) is 1.25. The molecule has 2 aromatic rings. The molecule has 0 atom stereocenters. The van der Waals surface area contributed by atoms with Crippen LogP contribution < -0.4 is 15.0 Å². The molecule has 3 rings (SSSR count). The lowest BCUT2D eigenvalue weighted by Gasteiger charge is -2.29. The lowest BCUT2D eigenvalue weighted by molar-refractivity contribution is -0.117.